The predicted octanol–water partition coefficient (Wildman–Crippen LogP) is 3.94. The molecule has 7 heteroatoms. The molecular weight excluding hydrogens is 400 g/mol. The highest BCUT2D eigenvalue weighted by Crippen LogP contribution is 2.40. The van der Waals surface area contributed by atoms with Crippen molar-refractivity contribution in [3.05, 3.63) is 0 Å². The van der Waals surface area contributed by atoms with Gasteiger partial charge in [-0.2, -0.15) is 0 Å². The predicted molar refractivity (Wildman–Crippen MR) is 119 cm³/mol. The average Bonchev–Trinajstić information content (AvgIpc) is 3.50. The molecule has 3 rings (SSSR count). The Morgan fingerprint density at radius 2 is 1.39 bits per heavy atom. The molecule has 3 heterocycles. The van der Waals surface area contributed by atoms with E-state index in [0.29, 0.717) is 6.29 Å². The Bertz CT molecular complexity index is 553. The zero-order chi connectivity index (χ0) is 24.2. The van der Waals surface area contributed by atoms with Gasteiger partial charge in [0.15, 0.2) is 0 Å². The molecule has 3 aliphatic rings. The van der Waals surface area contributed by atoms with Crippen molar-refractivity contribution in [3.63, 3.8) is 0 Å². The number of aliphatic hydroxyl groups excluding tert-OH is 1. The summed E-state index contributed by atoms with van der Waals surface area (Å²) >= 11 is 0. The Morgan fingerprint density at radius 3 is 1.61 bits per heavy atom. The molecule has 0 aromatic carbocycles. The highest BCUT2D eigenvalue weighted by Gasteiger charge is 2.51. The summed E-state index contributed by atoms with van der Waals surface area (Å²) in [6.07, 6.45) is 4.75. The van der Waals surface area contributed by atoms with E-state index in [9.17, 15) is 14.4 Å². The summed E-state index contributed by atoms with van der Waals surface area (Å²) in [4.78, 5) is 33.3. The average molecular weight is 445 g/mol. The van der Waals surface area contributed by atoms with Crippen LogP contribution in [0.2, 0.25) is 0 Å². The standard InChI is InChI=1S/C9H16O3.C9H14O3.C4H8O.C2H6/c2*1-4-7-6(2)9(3,5-10)8(11)12-7;1-2-4-5-3-1;1-2/h6-7,10H,4-5H2,1-3H3;5-7H,4H2,1-3H3;1-4H2;1-2H3/t2*6-,7-,9-;;/m11../s1. The van der Waals surface area contributed by atoms with Gasteiger partial charge in [0.1, 0.15) is 23.9 Å². The number of aliphatic hydroxyl groups is 1. The second-order valence-electron chi connectivity index (χ2n) is 8.58. The molecule has 3 saturated heterocycles. The number of rotatable bonds is 4. The van der Waals surface area contributed by atoms with Gasteiger partial charge in [-0.1, -0.05) is 41.5 Å². The number of hydrogen-bond acceptors (Lipinski definition) is 7. The molecule has 0 bridgehead atoms. The maximum Gasteiger partial charge on any atom is 0.319 e. The Kier molecular flexibility index (Phi) is 13.2. The van der Waals surface area contributed by atoms with Crippen LogP contribution in [0.1, 0.15) is 81.1 Å². The van der Waals surface area contributed by atoms with Crippen molar-refractivity contribution in [1.29, 1.82) is 0 Å². The molecule has 31 heavy (non-hydrogen) atoms. The first kappa shape index (κ1) is 29.5. The molecule has 0 aliphatic carbocycles. The summed E-state index contributed by atoms with van der Waals surface area (Å²) in [6, 6.07) is 0. The normalized spacial score (nSPS) is 36.0. The zero-order valence-corrected chi connectivity index (χ0v) is 20.7. The summed E-state index contributed by atoms with van der Waals surface area (Å²) in [5, 5.41) is 9.08. The van der Waals surface area contributed by atoms with Crippen molar-refractivity contribution in [2.24, 2.45) is 22.7 Å². The fourth-order valence-corrected chi connectivity index (χ4v) is 3.66. The first-order valence-electron chi connectivity index (χ1n) is 11.7. The number of carbonyl (C=O) groups excluding carboxylic acids is 3. The summed E-state index contributed by atoms with van der Waals surface area (Å²) in [5.41, 5.74) is -1.60. The topological polar surface area (TPSA) is 99.1 Å². The quantitative estimate of drug-likeness (QED) is 0.398. The van der Waals surface area contributed by atoms with Crippen LogP contribution in [0.4, 0.5) is 0 Å². The lowest BCUT2D eigenvalue weighted by atomic mass is 9.78. The summed E-state index contributed by atoms with van der Waals surface area (Å²) in [7, 11) is 0. The van der Waals surface area contributed by atoms with Crippen LogP contribution < -0.4 is 0 Å². The van der Waals surface area contributed by atoms with Crippen LogP contribution in [0, 0.1) is 22.7 Å². The maximum absolute atomic E-state index is 11.3. The summed E-state index contributed by atoms with van der Waals surface area (Å²) in [5.74, 6) is -0.534. The van der Waals surface area contributed by atoms with Crippen LogP contribution in [-0.2, 0) is 28.6 Å². The van der Waals surface area contributed by atoms with Gasteiger partial charge in [0, 0.05) is 25.0 Å². The van der Waals surface area contributed by atoms with Gasteiger partial charge in [-0.3, -0.25) is 9.59 Å². The molecule has 0 saturated carbocycles. The molecule has 0 unspecified atom stereocenters. The number of cyclic esters (lactones) is 2. The summed E-state index contributed by atoms with van der Waals surface area (Å²) < 4.78 is 15.1. The number of carbonyl (C=O) groups is 3. The van der Waals surface area contributed by atoms with Crippen LogP contribution in [0.15, 0.2) is 0 Å². The third-order valence-electron chi connectivity index (χ3n) is 6.69. The molecule has 7 nitrogen and oxygen atoms in total. The molecule has 1 N–H and O–H groups in total. The molecule has 0 spiro atoms. The highest BCUT2D eigenvalue weighted by atomic mass is 16.6. The van der Waals surface area contributed by atoms with Crippen molar-refractivity contribution < 1.29 is 33.7 Å². The van der Waals surface area contributed by atoms with E-state index < -0.39 is 10.8 Å². The minimum Gasteiger partial charge on any atom is -0.462 e. The van der Waals surface area contributed by atoms with Gasteiger partial charge in [0.2, 0.25) is 0 Å². The number of aldehydes is 1. The lowest BCUT2D eigenvalue weighted by Crippen LogP contribution is -2.33. The molecule has 0 amide bonds. The van der Waals surface area contributed by atoms with E-state index >= 15 is 0 Å². The Balaban J connectivity index is 0.000000447. The Labute approximate surface area is 188 Å². The van der Waals surface area contributed by atoms with E-state index in [1.54, 1.807) is 13.8 Å². The third kappa shape index (κ3) is 7.01. The van der Waals surface area contributed by atoms with Crippen LogP contribution in [0.3, 0.4) is 0 Å². The van der Waals surface area contributed by atoms with Crippen LogP contribution in [0.5, 0.6) is 0 Å². The summed E-state index contributed by atoms with van der Waals surface area (Å²) in [6.45, 7) is 17.0. The van der Waals surface area contributed by atoms with Crippen LogP contribution >= 0.6 is 0 Å². The van der Waals surface area contributed by atoms with E-state index in [4.69, 9.17) is 19.3 Å². The van der Waals surface area contributed by atoms with Gasteiger partial charge in [-0.15, -0.1) is 0 Å². The van der Waals surface area contributed by atoms with Gasteiger partial charge < -0.3 is 24.1 Å². The van der Waals surface area contributed by atoms with Crippen LogP contribution in [-0.4, -0.2) is 55.4 Å². The minimum atomic E-state index is -0.916. The van der Waals surface area contributed by atoms with Gasteiger partial charge in [-0.25, -0.2) is 0 Å². The van der Waals surface area contributed by atoms with E-state index in [2.05, 4.69) is 0 Å². The molecule has 0 radical (unpaired) electrons. The first-order valence-corrected chi connectivity index (χ1v) is 11.7. The maximum atomic E-state index is 11.3. The second-order valence-corrected chi connectivity index (χ2v) is 8.58. The Hall–Kier alpha value is -1.47. The lowest BCUT2D eigenvalue weighted by Gasteiger charge is -2.22. The van der Waals surface area contributed by atoms with Gasteiger partial charge in [0.05, 0.1) is 12.0 Å². The number of ether oxygens (including phenoxy) is 3. The smallest absolute Gasteiger partial charge is 0.319 e. The molecule has 0 aromatic heterocycles. The molecule has 0 aromatic rings. The zero-order valence-electron chi connectivity index (χ0n) is 20.7. The van der Waals surface area contributed by atoms with E-state index in [1.807, 2.05) is 41.5 Å². The monoisotopic (exact) mass is 444 g/mol. The van der Waals surface area contributed by atoms with Crippen LogP contribution in [0.25, 0.3) is 0 Å². The molecular formula is C24H44O7. The second kappa shape index (κ2) is 13.8. The van der Waals surface area contributed by atoms with Gasteiger partial charge in [-0.05, 0) is 39.5 Å². The van der Waals surface area contributed by atoms with Gasteiger partial charge >= 0.3 is 11.9 Å². The SMILES string of the molecule is C1CCOC1.CC.CC[C@H]1OC(=O)[C@](C)(C=O)[C@@H]1C.CC[C@H]1OC(=O)[C@](C)(CO)[C@@H]1C. The minimum absolute atomic E-state index is 0.00694. The first-order chi connectivity index (χ1) is 14.6. The largest absolute Gasteiger partial charge is 0.462 e. The highest BCUT2D eigenvalue weighted by molar-refractivity contribution is 5.94. The molecule has 3 aliphatic heterocycles. The Morgan fingerprint density at radius 1 is 0.935 bits per heavy atom. The lowest BCUT2D eigenvalue weighted by molar-refractivity contribution is -0.150. The van der Waals surface area contributed by atoms with Crippen molar-refractivity contribution >= 4 is 18.2 Å². The van der Waals surface area contributed by atoms with Crippen molar-refractivity contribution in [3.8, 4) is 0 Å². The molecule has 182 valence electrons. The van der Waals surface area contributed by atoms with E-state index in [-0.39, 0.29) is 42.6 Å². The molecule has 6 atom stereocenters. The van der Waals surface area contributed by atoms with Crippen molar-refractivity contribution in [2.45, 2.75) is 93.3 Å². The number of hydrogen-bond donors (Lipinski definition) is 1. The van der Waals surface area contributed by atoms with E-state index in [1.165, 1.54) is 12.8 Å². The van der Waals surface area contributed by atoms with Crippen molar-refractivity contribution in [2.75, 3.05) is 19.8 Å². The van der Waals surface area contributed by atoms with Crippen molar-refractivity contribution in [1.82, 2.24) is 0 Å². The van der Waals surface area contributed by atoms with E-state index in [0.717, 1.165) is 26.1 Å². The fraction of sp³-hybridized carbons (Fsp3) is 0.875. The van der Waals surface area contributed by atoms with Gasteiger partial charge in [0.25, 0.3) is 0 Å². The number of esters is 2. The fourth-order valence-electron chi connectivity index (χ4n) is 3.66. The molecule has 3 fully saturated rings. The third-order valence-corrected chi connectivity index (χ3v) is 6.69.